The third-order valence-electron chi connectivity index (χ3n) is 10.6. The third kappa shape index (κ3) is 3.58. The van der Waals surface area contributed by atoms with E-state index in [9.17, 15) is 5.11 Å². The molecular weight excluding hydrogens is 352 g/mol. The first-order valence-corrected chi connectivity index (χ1v) is 12.7. The summed E-state index contributed by atoms with van der Waals surface area (Å²) >= 11 is 0. The van der Waals surface area contributed by atoms with Crippen LogP contribution >= 0.6 is 0 Å². The average molecular weight is 399 g/mol. The van der Waals surface area contributed by atoms with Crippen LogP contribution in [0.25, 0.3) is 0 Å². The van der Waals surface area contributed by atoms with E-state index in [0.29, 0.717) is 16.7 Å². The second kappa shape index (κ2) is 7.85. The smallest absolute Gasteiger partial charge is 0.0543 e. The van der Waals surface area contributed by atoms with Gasteiger partial charge >= 0.3 is 0 Å². The van der Waals surface area contributed by atoms with Crippen molar-refractivity contribution in [3.05, 3.63) is 23.3 Å². The van der Waals surface area contributed by atoms with Gasteiger partial charge in [0.15, 0.2) is 0 Å². The molecule has 0 aliphatic heterocycles. The molecule has 164 valence electrons. The molecule has 0 radical (unpaired) electrons. The monoisotopic (exact) mass is 398 g/mol. The zero-order chi connectivity index (χ0) is 21.0. The first kappa shape index (κ1) is 21.7. The van der Waals surface area contributed by atoms with Gasteiger partial charge < -0.3 is 5.11 Å². The van der Waals surface area contributed by atoms with Gasteiger partial charge in [0.25, 0.3) is 0 Å². The molecule has 8 atom stereocenters. The molecule has 4 rings (SSSR count). The molecule has 1 N–H and O–H groups in total. The minimum absolute atomic E-state index is 0.0258. The van der Waals surface area contributed by atoms with Crippen LogP contribution in [0.4, 0.5) is 0 Å². The molecule has 0 spiro atoms. The number of hydrogen-bond acceptors (Lipinski definition) is 1. The van der Waals surface area contributed by atoms with Gasteiger partial charge in [-0.2, -0.15) is 0 Å². The van der Waals surface area contributed by atoms with Gasteiger partial charge in [-0.3, -0.25) is 0 Å². The Morgan fingerprint density at radius 1 is 1.00 bits per heavy atom. The van der Waals surface area contributed by atoms with E-state index in [2.05, 4.69) is 53.7 Å². The van der Waals surface area contributed by atoms with Crippen molar-refractivity contribution in [2.45, 2.75) is 105 Å². The van der Waals surface area contributed by atoms with Crippen LogP contribution < -0.4 is 0 Å². The van der Waals surface area contributed by atoms with Gasteiger partial charge in [0, 0.05) is 0 Å². The predicted molar refractivity (Wildman–Crippen MR) is 124 cm³/mol. The van der Waals surface area contributed by atoms with Crippen molar-refractivity contribution in [1.82, 2.24) is 0 Å². The topological polar surface area (TPSA) is 20.2 Å². The van der Waals surface area contributed by atoms with Crippen molar-refractivity contribution >= 4 is 0 Å². The molecule has 0 aromatic heterocycles. The van der Waals surface area contributed by atoms with Gasteiger partial charge in [-0.1, -0.05) is 57.9 Å². The summed E-state index contributed by atoms with van der Waals surface area (Å²) in [4.78, 5) is 0. The van der Waals surface area contributed by atoms with Gasteiger partial charge in [-0.05, 0) is 111 Å². The Balaban J connectivity index is 1.57. The highest BCUT2D eigenvalue weighted by molar-refractivity contribution is 5.34. The Hall–Kier alpha value is -0.560. The predicted octanol–water partition coefficient (Wildman–Crippen LogP) is 7.55. The molecule has 7 unspecified atom stereocenters. The van der Waals surface area contributed by atoms with Crippen LogP contribution in [0.5, 0.6) is 0 Å². The summed E-state index contributed by atoms with van der Waals surface area (Å²) in [6.45, 7) is 14.6. The second-order valence-electron chi connectivity index (χ2n) is 12.2. The first-order chi connectivity index (χ1) is 13.7. The standard InChI is InChI=1S/C28H46O/c1-18(2)19(3)7-8-20(4)24-11-12-25-23-10-9-21-17-22(29)13-15-27(21,5)26(23)14-16-28(24,25)6/h7-8,18-19,21-23,25-26,29H,9-17H2,1-6H3/b8-7+,24-20+/t19?,21?,22-,23?,25?,26?,27?,28?/m0/s1. The SMILES string of the molecule is CC(/C=C/C(C)C(C)C)=C1/CCC2C3CCC4C[C@@H](O)CCC4(C)C3CCC12C. The van der Waals surface area contributed by atoms with Crippen molar-refractivity contribution in [3.63, 3.8) is 0 Å². The Kier molecular flexibility index (Phi) is 5.86. The zero-order valence-corrected chi connectivity index (χ0v) is 20.0. The number of allylic oxidation sites excluding steroid dienone is 4. The highest BCUT2D eigenvalue weighted by Gasteiger charge is 2.59. The fraction of sp³-hybridized carbons (Fsp3) is 0.857. The molecule has 0 aromatic carbocycles. The normalized spacial score (nSPS) is 47.7. The molecule has 0 saturated heterocycles. The summed E-state index contributed by atoms with van der Waals surface area (Å²) in [5, 5.41) is 10.3. The highest BCUT2D eigenvalue weighted by Crippen LogP contribution is 2.67. The van der Waals surface area contributed by atoms with Crippen LogP contribution in [0, 0.1) is 46.3 Å². The van der Waals surface area contributed by atoms with E-state index < -0.39 is 0 Å². The van der Waals surface area contributed by atoms with E-state index in [0.717, 1.165) is 42.4 Å². The van der Waals surface area contributed by atoms with Crippen LogP contribution in [-0.2, 0) is 0 Å². The summed E-state index contributed by atoms with van der Waals surface area (Å²) in [7, 11) is 0. The van der Waals surface area contributed by atoms with Crippen LogP contribution in [0.15, 0.2) is 23.3 Å². The van der Waals surface area contributed by atoms with Crippen LogP contribution in [0.2, 0.25) is 0 Å². The van der Waals surface area contributed by atoms with Crippen molar-refractivity contribution < 1.29 is 5.11 Å². The van der Waals surface area contributed by atoms with Gasteiger partial charge in [0.05, 0.1) is 6.10 Å². The van der Waals surface area contributed by atoms with Crippen LogP contribution in [-0.4, -0.2) is 11.2 Å². The first-order valence-electron chi connectivity index (χ1n) is 12.7. The fourth-order valence-electron chi connectivity index (χ4n) is 8.31. The number of fused-ring (bicyclic) bond motifs is 5. The summed E-state index contributed by atoms with van der Waals surface area (Å²) < 4.78 is 0. The van der Waals surface area contributed by atoms with E-state index in [1.165, 1.54) is 44.9 Å². The third-order valence-corrected chi connectivity index (χ3v) is 10.6. The lowest BCUT2D eigenvalue weighted by molar-refractivity contribution is -0.116. The second-order valence-corrected chi connectivity index (χ2v) is 12.2. The van der Waals surface area contributed by atoms with Crippen LogP contribution in [0.3, 0.4) is 0 Å². The summed E-state index contributed by atoms with van der Waals surface area (Å²) in [5.74, 6) is 4.87. The minimum Gasteiger partial charge on any atom is -0.393 e. The largest absolute Gasteiger partial charge is 0.393 e. The van der Waals surface area contributed by atoms with Gasteiger partial charge in [-0.25, -0.2) is 0 Å². The summed E-state index contributed by atoms with van der Waals surface area (Å²) in [5.41, 5.74) is 4.30. The van der Waals surface area contributed by atoms with E-state index in [-0.39, 0.29) is 6.10 Å². The lowest BCUT2D eigenvalue weighted by Gasteiger charge is -2.60. The molecule has 4 aliphatic carbocycles. The van der Waals surface area contributed by atoms with Crippen molar-refractivity contribution in [3.8, 4) is 0 Å². The molecule has 1 nitrogen and oxygen atoms in total. The van der Waals surface area contributed by atoms with Gasteiger partial charge in [0.1, 0.15) is 0 Å². The molecule has 1 heteroatoms. The summed E-state index contributed by atoms with van der Waals surface area (Å²) in [6, 6.07) is 0. The molecule has 0 amide bonds. The fourth-order valence-corrected chi connectivity index (χ4v) is 8.31. The molecule has 4 fully saturated rings. The van der Waals surface area contributed by atoms with Crippen LogP contribution in [0.1, 0.15) is 99.3 Å². The maximum absolute atomic E-state index is 10.3. The van der Waals surface area contributed by atoms with Crippen molar-refractivity contribution in [2.24, 2.45) is 46.3 Å². The number of hydrogen-bond donors (Lipinski definition) is 1. The summed E-state index contributed by atoms with van der Waals surface area (Å²) in [6.07, 6.45) is 16.6. The molecule has 29 heavy (non-hydrogen) atoms. The minimum atomic E-state index is -0.0258. The Labute approximate surface area is 180 Å². The van der Waals surface area contributed by atoms with Crippen molar-refractivity contribution in [1.29, 1.82) is 0 Å². The van der Waals surface area contributed by atoms with Gasteiger partial charge in [0.2, 0.25) is 0 Å². The molecular formula is C28H46O. The number of aliphatic hydroxyl groups excluding tert-OH is 1. The quantitative estimate of drug-likeness (QED) is 0.520. The molecule has 0 aromatic rings. The Bertz CT molecular complexity index is 672. The zero-order valence-electron chi connectivity index (χ0n) is 20.0. The molecule has 4 saturated carbocycles. The Morgan fingerprint density at radius 3 is 2.48 bits per heavy atom. The maximum atomic E-state index is 10.3. The lowest BCUT2D eigenvalue weighted by atomic mass is 9.45. The van der Waals surface area contributed by atoms with E-state index in [1.807, 2.05) is 0 Å². The molecule has 0 heterocycles. The van der Waals surface area contributed by atoms with E-state index >= 15 is 0 Å². The Morgan fingerprint density at radius 2 is 1.76 bits per heavy atom. The van der Waals surface area contributed by atoms with Crippen molar-refractivity contribution in [2.75, 3.05) is 0 Å². The lowest BCUT2D eigenvalue weighted by Crippen LogP contribution is -2.53. The molecule has 4 aliphatic rings. The molecule has 0 bridgehead atoms. The highest BCUT2D eigenvalue weighted by atomic mass is 16.3. The average Bonchev–Trinajstić information content (AvgIpc) is 3.03. The number of aliphatic hydroxyl groups is 1. The van der Waals surface area contributed by atoms with E-state index in [4.69, 9.17) is 0 Å². The maximum Gasteiger partial charge on any atom is 0.0543 e. The van der Waals surface area contributed by atoms with Gasteiger partial charge in [-0.15, -0.1) is 0 Å². The number of rotatable bonds is 3. The van der Waals surface area contributed by atoms with E-state index in [1.54, 1.807) is 11.1 Å².